The van der Waals surface area contributed by atoms with Gasteiger partial charge in [0.15, 0.2) is 0 Å². The Morgan fingerprint density at radius 2 is 1.78 bits per heavy atom. The van der Waals surface area contributed by atoms with E-state index in [1.54, 1.807) is 0 Å². The molecule has 2 aromatic carbocycles. The summed E-state index contributed by atoms with van der Waals surface area (Å²) in [5, 5.41) is 6.51. The van der Waals surface area contributed by atoms with Crippen molar-refractivity contribution in [3.8, 4) is 0 Å². The second-order valence-electron chi connectivity index (χ2n) is 6.83. The number of benzene rings is 2. The Hall–Kier alpha value is -2.13. The first-order valence-electron chi connectivity index (χ1n) is 8.39. The monoisotopic (exact) mass is 306 g/mol. The van der Waals surface area contributed by atoms with E-state index in [0.29, 0.717) is 6.54 Å². The average molecular weight is 306 g/mol. The minimum absolute atomic E-state index is 0.167. The van der Waals surface area contributed by atoms with Crippen LogP contribution in [0, 0.1) is 5.41 Å². The highest BCUT2D eigenvalue weighted by Gasteiger charge is 2.49. The van der Waals surface area contributed by atoms with Gasteiger partial charge in [-0.3, -0.25) is 4.79 Å². The zero-order chi connectivity index (χ0) is 15.7. The second kappa shape index (κ2) is 5.82. The maximum absolute atomic E-state index is 12.6. The van der Waals surface area contributed by atoms with Crippen molar-refractivity contribution in [1.29, 1.82) is 0 Å². The Morgan fingerprint density at radius 3 is 2.57 bits per heavy atom. The SMILES string of the molecule is O=C(NCc1ccc2c(c1)CNC2)C1(Cc2ccccc2)CC1. The highest BCUT2D eigenvalue weighted by molar-refractivity contribution is 5.85. The van der Waals surface area contributed by atoms with E-state index in [0.717, 1.165) is 32.4 Å². The van der Waals surface area contributed by atoms with E-state index in [1.165, 1.54) is 22.3 Å². The Balaban J connectivity index is 1.38. The largest absolute Gasteiger partial charge is 0.352 e. The molecular formula is C20H22N2O. The van der Waals surface area contributed by atoms with Gasteiger partial charge < -0.3 is 10.6 Å². The number of hydrogen-bond donors (Lipinski definition) is 2. The first-order valence-corrected chi connectivity index (χ1v) is 8.39. The lowest BCUT2D eigenvalue weighted by atomic mass is 9.95. The van der Waals surface area contributed by atoms with E-state index < -0.39 is 0 Å². The van der Waals surface area contributed by atoms with Gasteiger partial charge >= 0.3 is 0 Å². The Bertz CT molecular complexity index is 720. The molecule has 3 heteroatoms. The zero-order valence-electron chi connectivity index (χ0n) is 13.3. The van der Waals surface area contributed by atoms with Gasteiger partial charge in [0.25, 0.3) is 0 Å². The molecule has 0 bridgehead atoms. The van der Waals surface area contributed by atoms with Crippen molar-refractivity contribution in [2.45, 2.75) is 38.9 Å². The van der Waals surface area contributed by atoms with Crippen molar-refractivity contribution in [3.63, 3.8) is 0 Å². The number of carbonyl (C=O) groups excluding carboxylic acids is 1. The molecule has 1 heterocycles. The lowest BCUT2D eigenvalue weighted by Crippen LogP contribution is -2.33. The van der Waals surface area contributed by atoms with Gasteiger partial charge in [-0.2, -0.15) is 0 Å². The van der Waals surface area contributed by atoms with Crippen LogP contribution in [-0.4, -0.2) is 5.91 Å². The Labute approximate surface area is 137 Å². The molecule has 2 aliphatic rings. The lowest BCUT2D eigenvalue weighted by Gasteiger charge is -2.16. The maximum atomic E-state index is 12.6. The second-order valence-corrected chi connectivity index (χ2v) is 6.83. The normalized spacial score (nSPS) is 17.6. The van der Waals surface area contributed by atoms with Gasteiger partial charge in [-0.25, -0.2) is 0 Å². The summed E-state index contributed by atoms with van der Waals surface area (Å²) in [6.45, 7) is 2.53. The van der Waals surface area contributed by atoms with Crippen LogP contribution in [0.5, 0.6) is 0 Å². The molecule has 1 aliphatic heterocycles. The molecule has 23 heavy (non-hydrogen) atoms. The molecule has 1 saturated carbocycles. The molecule has 2 N–H and O–H groups in total. The molecule has 0 atom stereocenters. The molecule has 1 aliphatic carbocycles. The summed E-state index contributed by atoms with van der Waals surface area (Å²) in [7, 11) is 0. The molecule has 0 saturated heterocycles. The molecule has 0 unspecified atom stereocenters. The van der Waals surface area contributed by atoms with Crippen LogP contribution >= 0.6 is 0 Å². The van der Waals surface area contributed by atoms with E-state index in [-0.39, 0.29) is 11.3 Å². The molecule has 1 fully saturated rings. The summed E-state index contributed by atoms with van der Waals surface area (Å²) < 4.78 is 0. The number of amides is 1. The smallest absolute Gasteiger partial charge is 0.226 e. The van der Waals surface area contributed by atoms with Gasteiger partial charge in [0.05, 0.1) is 5.41 Å². The summed E-state index contributed by atoms with van der Waals surface area (Å²) in [6, 6.07) is 16.8. The van der Waals surface area contributed by atoms with Crippen molar-refractivity contribution in [1.82, 2.24) is 10.6 Å². The molecule has 0 spiro atoms. The van der Waals surface area contributed by atoms with Crippen LogP contribution in [0.2, 0.25) is 0 Å². The fourth-order valence-corrected chi connectivity index (χ4v) is 3.45. The maximum Gasteiger partial charge on any atom is 0.226 e. The van der Waals surface area contributed by atoms with E-state index >= 15 is 0 Å². The Kier molecular flexibility index (Phi) is 3.66. The van der Waals surface area contributed by atoms with Crippen LogP contribution in [0.25, 0.3) is 0 Å². The van der Waals surface area contributed by atoms with Crippen LogP contribution in [-0.2, 0) is 30.8 Å². The number of carbonyl (C=O) groups is 1. The average Bonchev–Trinajstić information content (AvgIpc) is 3.21. The molecule has 3 nitrogen and oxygen atoms in total. The predicted octanol–water partition coefficient (Wildman–Crippen LogP) is 2.93. The zero-order valence-corrected chi connectivity index (χ0v) is 13.3. The third-order valence-electron chi connectivity index (χ3n) is 5.08. The summed E-state index contributed by atoms with van der Waals surface area (Å²) in [5.74, 6) is 0.208. The minimum Gasteiger partial charge on any atom is -0.352 e. The standard InChI is InChI=1S/C20H22N2O/c23-19(20(8-9-20)11-15-4-2-1-3-5-15)22-12-16-6-7-17-13-21-14-18(17)10-16/h1-7,10,21H,8-9,11-14H2,(H,22,23). The summed E-state index contributed by atoms with van der Waals surface area (Å²) in [6.07, 6.45) is 2.86. The van der Waals surface area contributed by atoms with Gasteiger partial charge in [0.1, 0.15) is 0 Å². The number of rotatable bonds is 5. The number of hydrogen-bond acceptors (Lipinski definition) is 2. The lowest BCUT2D eigenvalue weighted by molar-refractivity contribution is -0.126. The van der Waals surface area contributed by atoms with E-state index in [2.05, 4.69) is 41.0 Å². The summed E-state index contributed by atoms with van der Waals surface area (Å²) in [5.41, 5.74) is 5.02. The fraction of sp³-hybridized carbons (Fsp3) is 0.350. The quantitative estimate of drug-likeness (QED) is 0.892. The minimum atomic E-state index is -0.167. The molecule has 2 aromatic rings. The highest BCUT2D eigenvalue weighted by atomic mass is 16.2. The van der Waals surface area contributed by atoms with E-state index in [4.69, 9.17) is 0 Å². The van der Waals surface area contributed by atoms with Crippen molar-refractivity contribution in [2.24, 2.45) is 5.41 Å². The first-order chi connectivity index (χ1) is 11.3. The third-order valence-corrected chi connectivity index (χ3v) is 5.08. The van der Waals surface area contributed by atoms with Gasteiger partial charge in [-0.1, -0.05) is 48.5 Å². The van der Waals surface area contributed by atoms with Gasteiger partial charge in [-0.05, 0) is 41.5 Å². The molecule has 4 rings (SSSR count). The van der Waals surface area contributed by atoms with Gasteiger partial charge in [-0.15, -0.1) is 0 Å². The summed E-state index contributed by atoms with van der Waals surface area (Å²) >= 11 is 0. The van der Waals surface area contributed by atoms with Crippen molar-refractivity contribution >= 4 is 5.91 Å². The summed E-state index contributed by atoms with van der Waals surface area (Å²) in [4.78, 5) is 12.6. The fourth-order valence-electron chi connectivity index (χ4n) is 3.45. The van der Waals surface area contributed by atoms with Crippen molar-refractivity contribution in [2.75, 3.05) is 0 Å². The van der Waals surface area contributed by atoms with Crippen LogP contribution in [0.15, 0.2) is 48.5 Å². The topological polar surface area (TPSA) is 41.1 Å². The van der Waals surface area contributed by atoms with E-state index in [9.17, 15) is 4.79 Å². The van der Waals surface area contributed by atoms with Crippen molar-refractivity contribution in [3.05, 3.63) is 70.8 Å². The molecule has 118 valence electrons. The predicted molar refractivity (Wildman–Crippen MR) is 90.6 cm³/mol. The molecule has 0 aromatic heterocycles. The van der Waals surface area contributed by atoms with Crippen LogP contribution in [0.3, 0.4) is 0 Å². The van der Waals surface area contributed by atoms with Crippen LogP contribution in [0.1, 0.15) is 35.1 Å². The molecule has 0 radical (unpaired) electrons. The van der Waals surface area contributed by atoms with Crippen molar-refractivity contribution < 1.29 is 4.79 Å². The molecular weight excluding hydrogens is 284 g/mol. The van der Waals surface area contributed by atoms with E-state index in [1.807, 2.05) is 18.2 Å². The van der Waals surface area contributed by atoms with Gasteiger partial charge in [0, 0.05) is 19.6 Å². The van der Waals surface area contributed by atoms with Crippen LogP contribution in [0.4, 0.5) is 0 Å². The molecule has 1 amide bonds. The highest BCUT2D eigenvalue weighted by Crippen LogP contribution is 2.48. The van der Waals surface area contributed by atoms with Gasteiger partial charge in [0.2, 0.25) is 5.91 Å². The third kappa shape index (κ3) is 3.02. The number of nitrogens with one attached hydrogen (secondary N) is 2. The number of fused-ring (bicyclic) bond motifs is 1. The first kappa shape index (κ1) is 14.5. The Morgan fingerprint density at radius 1 is 1.00 bits per heavy atom. The van der Waals surface area contributed by atoms with Crippen LogP contribution < -0.4 is 10.6 Å².